The van der Waals surface area contributed by atoms with E-state index in [0.717, 1.165) is 5.39 Å². The third-order valence-electron chi connectivity index (χ3n) is 2.84. The Labute approximate surface area is 110 Å². The van der Waals surface area contributed by atoms with Gasteiger partial charge in [-0.2, -0.15) is 0 Å². The van der Waals surface area contributed by atoms with E-state index < -0.39 is 17.9 Å². The minimum atomic E-state index is -1.04. The second-order valence-electron chi connectivity index (χ2n) is 4.16. The molecule has 0 saturated carbocycles. The number of carboxylic acids is 1. The molecule has 0 saturated heterocycles. The summed E-state index contributed by atoms with van der Waals surface area (Å²) in [4.78, 5) is 27.0. The maximum atomic E-state index is 11.9. The number of carboxylic acid groups (broad SMARTS) is 1. The summed E-state index contributed by atoms with van der Waals surface area (Å²) in [5.41, 5.74) is 0.928. The first kappa shape index (κ1) is 13.0. The van der Waals surface area contributed by atoms with Crippen molar-refractivity contribution in [3.05, 3.63) is 42.1 Å². The van der Waals surface area contributed by atoms with Crippen LogP contribution in [0.25, 0.3) is 10.9 Å². The van der Waals surface area contributed by atoms with Crippen LogP contribution in [-0.2, 0) is 4.79 Å². The Hall–Kier alpha value is -2.43. The third-order valence-corrected chi connectivity index (χ3v) is 2.84. The molecule has 19 heavy (non-hydrogen) atoms. The Morgan fingerprint density at radius 2 is 2.00 bits per heavy atom. The third kappa shape index (κ3) is 2.88. The molecular formula is C14H14N2O3. The Morgan fingerprint density at radius 1 is 1.26 bits per heavy atom. The fraction of sp³-hybridized carbons (Fsp3) is 0.214. The molecule has 0 aliphatic rings. The highest BCUT2D eigenvalue weighted by molar-refractivity contribution is 5.96. The predicted octanol–water partition coefficient (Wildman–Crippen LogP) is 1.83. The zero-order valence-electron chi connectivity index (χ0n) is 10.5. The molecule has 1 atom stereocenters. The average molecular weight is 258 g/mol. The Morgan fingerprint density at radius 3 is 2.68 bits per heavy atom. The standard InChI is InChI=1S/C14H14N2O3/c1-2-10(14(18)19)16-13(17)12-8-7-9-5-3-4-6-11(9)15-12/h3-8,10H,2H2,1H3,(H,16,17)(H,18,19). The van der Waals surface area contributed by atoms with Crippen LogP contribution < -0.4 is 5.32 Å². The predicted molar refractivity (Wildman–Crippen MR) is 70.9 cm³/mol. The fourth-order valence-electron chi connectivity index (χ4n) is 1.76. The molecule has 0 spiro atoms. The normalized spacial score (nSPS) is 12.1. The maximum Gasteiger partial charge on any atom is 0.326 e. The smallest absolute Gasteiger partial charge is 0.326 e. The summed E-state index contributed by atoms with van der Waals surface area (Å²) in [6, 6.07) is 9.92. The number of aromatic nitrogens is 1. The van der Waals surface area contributed by atoms with Crippen LogP contribution in [-0.4, -0.2) is 28.0 Å². The van der Waals surface area contributed by atoms with Gasteiger partial charge >= 0.3 is 5.97 Å². The lowest BCUT2D eigenvalue weighted by molar-refractivity contribution is -0.139. The van der Waals surface area contributed by atoms with Crippen LogP contribution in [0.5, 0.6) is 0 Å². The largest absolute Gasteiger partial charge is 0.480 e. The maximum absolute atomic E-state index is 11.9. The van der Waals surface area contributed by atoms with Gasteiger partial charge in [-0.15, -0.1) is 0 Å². The SMILES string of the molecule is CCC(NC(=O)c1ccc2ccccc2n1)C(=O)O. The first-order valence-corrected chi connectivity index (χ1v) is 6.01. The van der Waals surface area contributed by atoms with Crippen LogP contribution in [0, 0.1) is 0 Å². The summed E-state index contributed by atoms with van der Waals surface area (Å²) in [6.07, 6.45) is 0.328. The van der Waals surface area contributed by atoms with E-state index in [0.29, 0.717) is 11.9 Å². The number of para-hydroxylation sites is 1. The fourth-order valence-corrected chi connectivity index (χ4v) is 1.76. The van der Waals surface area contributed by atoms with E-state index in [9.17, 15) is 9.59 Å². The number of carbonyl (C=O) groups is 2. The van der Waals surface area contributed by atoms with Crippen LogP contribution in [0.4, 0.5) is 0 Å². The summed E-state index contributed by atoms with van der Waals surface area (Å²) in [5.74, 6) is -1.52. The van der Waals surface area contributed by atoms with Crippen molar-refractivity contribution in [1.82, 2.24) is 10.3 Å². The summed E-state index contributed by atoms with van der Waals surface area (Å²) in [7, 11) is 0. The summed E-state index contributed by atoms with van der Waals surface area (Å²) >= 11 is 0. The van der Waals surface area contributed by atoms with E-state index in [-0.39, 0.29) is 5.69 Å². The van der Waals surface area contributed by atoms with Crippen molar-refractivity contribution in [2.24, 2.45) is 0 Å². The van der Waals surface area contributed by atoms with E-state index in [1.54, 1.807) is 25.1 Å². The number of pyridine rings is 1. The van der Waals surface area contributed by atoms with E-state index in [2.05, 4.69) is 10.3 Å². The van der Waals surface area contributed by atoms with Crippen molar-refractivity contribution in [3.63, 3.8) is 0 Å². The van der Waals surface area contributed by atoms with E-state index >= 15 is 0 Å². The molecule has 2 aromatic rings. The van der Waals surface area contributed by atoms with Crippen molar-refractivity contribution < 1.29 is 14.7 Å². The van der Waals surface area contributed by atoms with E-state index in [4.69, 9.17) is 5.11 Å². The molecule has 0 bridgehead atoms. The number of fused-ring (bicyclic) bond motifs is 1. The number of aliphatic carboxylic acids is 1. The summed E-state index contributed by atoms with van der Waals surface area (Å²) in [5, 5.41) is 12.3. The number of amides is 1. The van der Waals surface area contributed by atoms with Gasteiger partial charge in [-0.1, -0.05) is 31.2 Å². The van der Waals surface area contributed by atoms with Crippen molar-refractivity contribution in [3.8, 4) is 0 Å². The van der Waals surface area contributed by atoms with Crippen molar-refractivity contribution >= 4 is 22.8 Å². The number of carbonyl (C=O) groups excluding carboxylic acids is 1. The highest BCUT2D eigenvalue weighted by Crippen LogP contribution is 2.11. The molecule has 2 N–H and O–H groups in total. The van der Waals surface area contributed by atoms with Crippen LogP contribution in [0.15, 0.2) is 36.4 Å². The number of hydrogen-bond donors (Lipinski definition) is 2. The molecule has 5 heteroatoms. The number of nitrogens with zero attached hydrogens (tertiary/aromatic N) is 1. The number of benzene rings is 1. The number of nitrogens with one attached hydrogen (secondary N) is 1. The quantitative estimate of drug-likeness (QED) is 0.876. The van der Waals surface area contributed by atoms with E-state index in [1.807, 2.05) is 18.2 Å². The number of hydrogen-bond acceptors (Lipinski definition) is 3. The Kier molecular flexibility index (Phi) is 3.75. The highest BCUT2D eigenvalue weighted by atomic mass is 16.4. The molecular weight excluding hydrogens is 244 g/mol. The molecule has 1 aromatic heterocycles. The molecule has 1 amide bonds. The van der Waals surface area contributed by atoms with E-state index in [1.165, 1.54) is 0 Å². The second kappa shape index (κ2) is 5.48. The molecule has 0 aliphatic heterocycles. The zero-order chi connectivity index (χ0) is 13.8. The van der Waals surface area contributed by atoms with Gasteiger partial charge in [0.15, 0.2) is 0 Å². The molecule has 1 heterocycles. The molecule has 0 radical (unpaired) electrons. The van der Waals surface area contributed by atoms with Gasteiger partial charge in [-0.3, -0.25) is 4.79 Å². The van der Waals surface area contributed by atoms with Crippen molar-refractivity contribution in [2.75, 3.05) is 0 Å². The van der Waals surface area contributed by atoms with Crippen LogP contribution in [0.1, 0.15) is 23.8 Å². The Balaban J connectivity index is 2.24. The minimum Gasteiger partial charge on any atom is -0.480 e. The van der Waals surface area contributed by atoms with Crippen LogP contribution in [0.2, 0.25) is 0 Å². The Bertz CT molecular complexity index is 625. The molecule has 0 fully saturated rings. The number of rotatable bonds is 4. The average Bonchev–Trinajstić information content (AvgIpc) is 2.43. The lowest BCUT2D eigenvalue weighted by Gasteiger charge is -2.11. The van der Waals surface area contributed by atoms with Gasteiger partial charge in [-0.25, -0.2) is 9.78 Å². The minimum absolute atomic E-state index is 0.221. The first-order valence-electron chi connectivity index (χ1n) is 6.01. The van der Waals surface area contributed by atoms with Gasteiger partial charge in [0.1, 0.15) is 11.7 Å². The van der Waals surface area contributed by atoms with Crippen molar-refractivity contribution in [2.45, 2.75) is 19.4 Å². The highest BCUT2D eigenvalue weighted by Gasteiger charge is 2.19. The lowest BCUT2D eigenvalue weighted by atomic mass is 10.2. The van der Waals surface area contributed by atoms with Crippen LogP contribution >= 0.6 is 0 Å². The molecule has 0 aliphatic carbocycles. The lowest BCUT2D eigenvalue weighted by Crippen LogP contribution is -2.40. The summed E-state index contributed by atoms with van der Waals surface area (Å²) in [6.45, 7) is 1.70. The molecule has 98 valence electrons. The monoisotopic (exact) mass is 258 g/mol. The van der Waals surface area contributed by atoms with Gasteiger partial charge in [-0.05, 0) is 18.6 Å². The second-order valence-corrected chi connectivity index (χ2v) is 4.16. The van der Waals surface area contributed by atoms with Gasteiger partial charge in [0.25, 0.3) is 5.91 Å². The summed E-state index contributed by atoms with van der Waals surface area (Å²) < 4.78 is 0. The molecule has 1 unspecified atom stereocenters. The van der Waals surface area contributed by atoms with Gasteiger partial charge in [0.05, 0.1) is 5.52 Å². The van der Waals surface area contributed by atoms with Gasteiger partial charge in [0, 0.05) is 5.39 Å². The molecule has 2 rings (SSSR count). The van der Waals surface area contributed by atoms with Crippen LogP contribution in [0.3, 0.4) is 0 Å². The van der Waals surface area contributed by atoms with Crippen molar-refractivity contribution in [1.29, 1.82) is 0 Å². The topological polar surface area (TPSA) is 79.3 Å². The zero-order valence-corrected chi connectivity index (χ0v) is 10.5. The molecule has 5 nitrogen and oxygen atoms in total. The first-order chi connectivity index (χ1) is 9.11. The van der Waals surface area contributed by atoms with Gasteiger partial charge < -0.3 is 10.4 Å². The molecule has 1 aromatic carbocycles. The van der Waals surface area contributed by atoms with Gasteiger partial charge in [0.2, 0.25) is 0 Å².